The van der Waals surface area contributed by atoms with Crippen molar-refractivity contribution in [1.29, 1.82) is 5.26 Å². The molecule has 5 atom stereocenters. The van der Waals surface area contributed by atoms with Gasteiger partial charge in [-0.05, 0) is 43.2 Å². The van der Waals surface area contributed by atoms with Crippen molar-refractivity contribution in [3.63, 3.8) is 0 Å². The predicted octanol–water partition coefficient (Wildman–Crippen LogP) is 1.61. The van der Waals surface area contributed by atoms with Gasteiger partial charge in [0.05, 0.1) is 11.8 Å². The maximum atomic E-state index is 13.0. The van der Waals surface area contributed by atoms with Gasteiger partial charge < -0.3 is 31.2 Å². The lowest BCUT2D eigenvalue weighted by atomic mass is 9.78. The molecule has 0 saturated heterocycles. The third-order valence-electron chi connectivity index (χ3n) is 7.56. The van der Waals surface area contributed by atoms with Gasteiger partial charge in [-0.15, -0.1) is 0 Å². The first kappa shape index (κ1) is 30.3. The number of fused-ring (bicyclic) bond motifs is 1. The molecule has 214 valence electrons. The molecule has 1 aliphatic rings. The number of ether oxygens (including phenoxy) is 2. The molecule has 0 spiro atoms. The number of aliphatic hydroxyl groups is 2. The molecule has 2 aromatic heterocycles. The number of nitrogen functional groups attached to an aromatic ring is 1. The number of rotatable bonds is 10. The average Bonchev–Trinajstić information content (AvgIpc) is 3.35. The van der Waals surface area contributed by atoms with Crippen LogP contribution in [0, 0.1) is 22.7 Å². The Morgan fingerprint density at radius 2 is 1.87 bits per heavy atom. The van der Waals surface area contributed by atoms with E-state index in [1.54, 1.807) is 32.9 Å². The molecule has 0 unspecified atom stereocenters. The van der Waals surface area contributed by atoms with Crippen LogP contribution >= 0.6 is 0 Å². The smallest absolute Gasteiger partial charge is 0.323 e. The quantitative estimate of drug-likeness (QED) is 0.317. The highest BCUT2D eigenvalue weighted by atomic mass is 16.6. The zero-order valence-electron chi connectivity index (χ0n) is 23.0. The number of aromatic nitrogens is 3. The van der Waals surface area contributed by atoms with E-state index < -0.39 is 53.7 Å². The lowest BCUT2D eigenvalue weighted by molar-refractivity contribution is -0.176. The Bertz CT molecular complexity index is 1200. The van der Waals surface area contributed by atoms with Crippen LogP contribution in [0.1, 0.15) is 71.9 Å². The highest BCUT2D eigenvalue weighted by Gasteiger charge is 2.47. The second kappa shape index (κ2) is 12.3. The number of esters is 2. The van der Waals surface area contributed by atoms with Crippen molar-refractivity contribution in [2.45, 2.75) is 96.0 Å². The van der Waals surface area contributed by atoms with Crippen LogP contribution < -0.4 is 11.5 Å². The highest BCUT2D eigenvalue weighted by molar-refractivity contribution is 5.76. The molecule has 0 aromatic carbocycles. The second-order valence-corrected chi connectivity index (χ2v) is 11.6. The molecule has 2 aromatic rings. The zero-order valence-corrected chi connectivity index (χ0v) is 23.0. The third kappa shape index (κ3) is 6.84. The Kier molecular flexibility index (Phi) is 9.53. The van der Waals surface area contributed by atoms with E-state index in [1.165, 1.54) is 17.8 Å². The molecule has 1 aliphatic carbocycles. The lowest BCUT2D eigenvalue weighted by Crippen LogP contribution is -2.53. The van der Waals surface area contributed by atoms with E-state index >= 15 is 0 Å². The van der Waals surface area contributed by atoms with Gasteiger partial charge in [0.2, 0.25) is 0 Å². The van der Waals surface area contributed by atoms with E-state index in [1.807, 2.05) is 0 Å². The number of carbonyl (C=O) groups excluding carboxylic acids is 2. The molecule has 3 rings (SSSR count). The number of nitrogens with zero attached hydrogens (tertiary/aromatic N) is 4. The van der Waals surface area contributed by atoms with Crippen molar-refractivity contribution in [2.75, 3.05) is 12.3 Å². The molecular weight excluding hydrogens is 504 g/mol. The first-order valence-electron chi connectivity index (χ1n) is 13.3. The SMILES string of the molecule is CC(C)(C)[C@H](N)C(=O)OC[C@@H](O)[C@@H](OC(=O)CC1CCCCC1)[C@@H](O)[C@](C)(C#N)c1ccc2c(N)ncnn12. The lowest BCUT2D eigenvalue weighted by Gasteiger charge is -2.35. The Balaban J connectivity index is 1.88. The Hall–Kier alpha value is -3.27. The molecule has 0 aliphatic heterocycles. The summed E-state index contributed by atoms with van der Waals surface area (Å²) in [5.41, 5.74) is 10.2. The molecule has 1 saturated carbocycles. The largest absolute Gasteiger partial charge is 0.462 e. The van der Waals surface area contributed by atoms with Crippen molar-refractivity contribution >= 4 is 23.3 Å². The number of carbonyl (C=O) groups is 2. The van der Waals surface area contributed by atoms with Crippen LogP contribution in [-0.2, 0) is 24.5 Å². The molecule has 2 heterocycles. The van der Waals surface area contributed by atoms with Gasteiger partial charge >= 0.3 is 11.9 Å². The summed E-state index contributed by atoms with van der Waals surface area (Å²) >= 11 is 0. The van der Waals surface area contributed by atoms with Crippen LogP contribution in [0.25, 0.3) is 5.52 Å². The number of hydrogen-bond acceptors (Lipinski definition) is 11. The predicted molar refractivity (Wildman–Crippen MR) is 142 cm³/mol. The van der Waals surface area contributed by atoms with Crippen LogP contribution in [0.5, 0.6) is 0 Å². The van der Waals surface area contributed by atoms with E-state index in [9.17, 15) is 25.1 Å². The van der Waals surface area contributed by atoms with Crippen LogP contribution in [0.2, 0.25) is 0 Å². The minimum Gasteiger partial charge on any atom is -0.462 e. The average molecular weight is 545 g/mol. The Morgan fingerprint density at radius 1 is 1.21 bits per heavy atom. The molecule has 0 bridgehead atoms. The van der Waals surface area contributed by atoms with Gasteiger partial charge in [-0.1, -0.05) is 40.0 Å². The monoisotopic (exact) mass is 544 g/mol. The standard InChI is InChI=1S/C27H40N6O6/c1-26(2,3)22(29)25(37)38-13-18(34)21(39-20(35)12-16-8-6-5-7-9-16)23(36)27(4,14-28)19-11-10-17-24(30)31-15-32-33(17)19/h10-11,15-16,18,21-23,34,36H,5-9,12-13,29H2,1-4H3,(H2,30,31,32)/t18-,21-,22-,23-,27-/m1/s1. The first-order chi connectivity index (χ1) is 18.3. The number of nitriles is 1. The number of nitrogens with two attached hydrogens (primary N) is 2. The number of aliphatic hydroxyl groups excluding tert-OH is 2. The van der Waals surface area contributed by atoms with Gasteiger partial charge in [-0.2, -0.15) is 10.4 Å². The van der Waals surface area contributed by atoms with E-state index in [0.29, 0.717) is 5.52 Å². The maximum Gasteiger partial charge on any atom is 0.323 e. The topological polar surface area (TPSA) is 199 Å². The minimum atomic E-state index is -1.74. The summed E-state index contributed by atoms with van der Waals surface area (Å²) in [4.78, 5) is 29.4. The summed E-state index contributed by atoms with van der Waals surface area (Å²) in [6, 6.07) is 4.27. The molecule has 12 heteroatoms. The summed E-state index contributed by atoms with van der Waals surface area (Å²) < 4.78 is 12.2. The van der Waals surface area contributed by atoms with E-state index in [0.717, 1.165) is 32.1 Å². The van der Waals surface area contributed by atoms with E-state index in [4.69, 9.17) is 20.9 Å². The molecular formula is C27H40N6O6. The molecule has 1 fully saturated rings. The second-order valence-electron chi connectivity index (χ2n) is 11.6. The van der Waals surface area contributed by atoms with Gasteiger partial charge in [0.1, 0.15) is 42.1 Å². The normalized spacial score (nSPS) is 19.3. The van der Waals surface area contributed by atoms with Crippen molar-refractivity contribution in [3.8, 4) is 6.07 Å². The van der Waals surface area contributed by atoms with Crippen LogP contribution in [0.4, 0.5) is 5.82 Å². The van der Waals surface area contributed by atoms with Crippen molar-refractivity contribution in [1.82, 2.24) is 14.6 Å². The van der Waals surface area contributed by atoms with Gasteiger partial charge in [0.25, 0.3) is 0 Å². The Labute approximate surface area is 228 Å². The summed E-state index contributed by atoms with van der Waals surface area (Å²) in [7, 11) is 0. The van der Waals surface area contributed by atoms with Gasteiger partial charge in [-0.3, -0.25) is 9.59 Å². The number of anilines is 1. The summed E-state index contributed by atoms with van der Waals surface area (Å²) in [6.45, 7) is 6.14. The zero-order chi connectivity index (χ0) is 29.0. The Morgan fingerprint density at radius 3 is 2.49 bits per heavy atom. The fraction of sp³-hybridized carbons (Fsp3) is 0.667. The molecule has 0 amide bonds. The van der Waals surface area contributed by atoms with Crippen molar-refractivity contribution < 1.29 is 29.3 Å². The van der Waals surface area contributed by atoms with Gasteiger partial charge in [0.15, 0.2) is 11.9 Å². The van der Waals surface area contributed by atoms with Gasteiger partial charge in [-0.25, -0.2) is 9.50 Å². The highest BCUT2D eigenvalue weighted by Crippen LogP contribution is 2.34. The summed E-state index contributed by atoms with van der Waals surface area (Å²) in [5, 5.41) is 37.0. The van der Waals surface area contributed by atoms with E-state index in [2.05, 4.69) is 16.2 Å². The maximum absolute atomic E-state index is 13.0. The molecule has 6 N–H and O–H groups in total. The molecule has 39 heavy (non-hydrogen) atoms. The fourth-order valence-electron chi connectivity index (χ4n) is 4.84. The van der Waals surface area contributed by atoms with E-state index in [-0.39, 0.29) is 23.9 Å². The van der Waals surface area contributed by atoms with Crippen molar-refractivity contribution in [2.24, 2.45) is 17.1 Å². The van der Waals surface area contributed by atoms with Crippen LogP contribution in [0.15, 0.2) is 18.5 Å². The van der Waals surface area contributed by atoms with Crippen molar-refractivity contribution in [3.05, 3.63) is 24.2 Å². The summed E-state index contributed by atoms with van der Waals surface area (Å²) in [6.07, 6.45) is 1.28. The fourth-order valence-corrected chi connectivity index (χ4v) is 4.84. The molecule has 0 radical (unpaired) electrons. The molecule has 12 nitrogen and oxygen atoms in total. The first-order valence-corrected chi connectivity index (χ1v) is 13.3. The summed E-state index contributed by atoms with van der Waals surface area (Å²) in [5.74, 6) is -1.06. The van der Waals surface area contributed by atoms with Crippen LogP contribution in [0.3, 0.4) is 0 Å². The third-order valence-corrected chi connectivity index (χ3v) is 7.56. The number of hydrogen-bond donors (Lipinski definition) is 4. The van der Waals surface area contributed by atoms with Crippen LogP contribution in [-0.4, -0.2) is 67.7 Å². The minimum absolute atomic E-state index is 0.117. The van der Waals surface area contributed by atoms with Gasteiger partial charge in [0, 0.05) is 6.42 Å².